The first-order chi connectivity index (χ1) is 15.1. The van der Waals surface area contributed by atoms with Gasteiger partial charge in [-0.1, -0.05) is 41.9 Å². The van der Waals surface area contributed by atoms with Crippen molar-refractivity contribution in [1.82, 2.24) is 14.3 Å². The van der Waals surface area contributed by atoms with Crippen molar-refractivity contribution in [3.63, 3.8) is 0 Å². The molecule has 4 aromatic rings. The van der Waals surface area contributed by atoms with Gasteiger partial charge in [0.2, 0.25) is 10.7 Å². The number of hydrogen-bond donors (Lipinski definition) is 1. The molecule has 0 radical (unpaired) electrons. The summed E-state index contributed by atoms with van der Waals surface area (Å²) in [5.41, 5.74) is 2.23. The van der Waals surface area contributed by atoms with Crippen molar-refractivity contribution in [2.75, 3.05) is 12.4 Å². The molecule has 6 nitrogen and oxygen atoms in total. The second-order valence-corrected chi connectivity index (χ2v) is 7.46. The molecule has 0 atom stereocenters. The van der Waals surface area contributed by atoms with E-state index in [9.17, 15) is 4.79 Å². The van der Waals surface area contributed by atoms with Gasteiger partial charge in [-0.3, -0.25) is 9.36 Å². The largest absolute Gasteiger partial charge is 0.497 e. The maximum absolute atomic E-state index is 12.7. The molecule has 156 valence electrons. The summed E-state index contributed by atoms with van der Waals surface area (Å²) in [5.74, 6) is 1.04. The first kappa shape index (κ1) is 20.8. The van der Waals surface area contributed by atoms with Gasteiger partial charge in [-0.25, -0.2) is 4.68 Å². The number of aromatic nitrogens is 3. The molecule has 0 aliphatic heterocycles. The first-order valence-electron chi connectivity index (χ1n) is 9.51. The van der Waals surface area contributed by atoms with Gasteiger partial charge in [-0.2, -0.15) is 5.10 Å². The number of nitrogens with one attached hydrogen (secondary N) is 1. The Kier molecular flexibility index (Phi) is 6.16. The smallest absolute Gasteiger partial charge is 0.246 e. The highest BCUT2D eigenvalue weighted by atomic mass is 35.5. The van der Waals surface area contributed by atoms with Crippen LogP contribution in [-0.4, -0.2) is 27.4 Å². The minimum Gasteiger partial charge on any atom is -0.497 e. The maximum Gasteiger partial charge on any atom is 0.246 e. The van der Waals surface area contributed by atoms with Crippen molar-refractivity contribution in [3.05, 3.63) is 88.7 Å². The van der Waals surface area contributed by atoms with Gasteiger partial charge in [0, 0.05) is 16.9 Å². The van der Waals surface area contributed by atoms with Gasteiger partial charge in [0.25, 0.3) is 0 Å². The molecule has 0 saturated heterocycles. The molecule has 4 rings (SSSR count). The van der Waals surface area contributed by atoms with Gasteiger partial charge in [-0.05, 0) is 60.7 Å². The third-order valence-corrected chi connectivity index (χ3v) is 5.36. The van der Waals surface area contributed by atoms with Crippen LogP contribution in [0.1, 0.15) is 0 Å². The molecule has 0 spiro atoms. The Labute approximate surface area is 189 Å². The predicted molar refractivity (Wildman–Crippen MR) is 124 cm³/mol. The highest BCUT2D eigenvalue weighted by molar-refractivity contribution is 7.71. The molecule has 0 bridgehead atoms. The van der Waals surface area contributed by atoms with E-state index in [1.165, 1.54) is 4.68 Å². The Balaban J connectivity index is 1.69. The van der Waals surface area contributed by atoms with E-state index in [4.69, 9.17) is 28.6 Å². The van der Waals surface area contributed by atoms with Crippen LogP contribution in [0.4, 0.5) is 5.69 Å². The number of carbonyl (C=O) groups excluding carboxylic acids is 1. The number of para-hydroxylation sites is 1. The van der Waals surface area contributed by atoms with Crippen LogP contribution in [0, 0.1) is 4.77 Å². The van der Waals surface area contributed by atoms with Crippen molar-refractivity contribution < 1.29 is 9.53 Å². The number of hydrogen-bond acceptors (Lipinski definition) is 4. The quantitative estimate of drug-likeness (QED) is 0.401. The van der Waals surface area contributed by atoms with Crippen molar-refractivity contribution in [2.24, 2.45) is 0 Å². The lowest BCUT2D eigenvalue weighted by atomic mass is 10.2. The second kappa shape index (κ2) is 9.16. The van der Waals surface area contributed by atoms with E-state index in [0.717, 1.165) is 11.3 Å². The van der Waals surface area contributed by atoms with E-state index < -0.39 is 0 Å². The summed E-state index contributed by atoms with van der Waals surface area (Å²) in [6, 6.07) is 24.1. The molecule has 1 heterocycles. The molecule has 0 unspecified atom stereocenters. The monoisotopic (exact) mass is 450 g/mol. The zero-order chi connectivity index (χ0) is 21.8. The van der Waals surface area contributed by atoms with Crippen molar-refractivity contribution in [1.29, 1.82) is 0 Å². The van der Waals surface area contributed by atoms with E-state index >= 15 is 0 Å². The highest BCUT2D eigenvalue weighted by Crippen LogP contribution is 2.29. The van der Waals surface area contributed by atoms with Crippen LogP contribution < -0.4 is 10.1 Å². The number of ether oxygens (including phenoxy) is 1. The summed E-state index contributed by atoms with van der Waals surface area (Å²) < 4.78 is 8.85. The van der Waals surface area contributed by atoms with E-state index in [-0.39, 0.29) is 12.5 Å². The minimum atomic E-state index is -0.246. The van der Waals surface area contributed by atoms with E-state index in [0.29, 0.717) is 27.1 Å². The SMILES string of the molecule is COc1ccc(NC(=O)Cn2nc(-c3ccccc3Cl)n(-c3ccccc3)c2=S)cc1. The van der Waals surface area contributed by atoms with Crippen molar-refractivity contribution in [2.45, 2.75) is 6.54 Å². The average molecular weight is 451 g/mol. The fraction of sp³-hybridized carbons (Fsp3) is 0.0870. The Morgan fingerprint density at radius 2 is 1.71 bits per heavy atom. The molecule has 8 heteroatoms. The number of amides is 1. The van der Waals surface area contributed by atoms with Crippen molar-refractivity contribution in [3.8, 4) is 22.8 Å². The van der Waals surface area contributed by atoms with E-state index in [1.807, 2.05) is 53.1 Å². The van der Waals surface area contributed by atoms with Crippen LogP contribution in [-0.2, 0) is 11.3 Å². The van der Waals surface area contributed by atoms with Gasteiger partial charge in [0.15, 0.2) is 5.82 Å². The molecule has 1 N–H and O–H groups in total. The van der Waals surface area contributed by atoms with E-state index in [1.54, 1.807) is 37.4 Å². The summed E-state index contributed by atoms with van der Waals surface area (Å²) >= 11 is 12.1. The molecule has 0 aliphatic carbocycles. The summed E-state index contributed by atoms with van der Waals surface area (Å²) in [6.45, 7) is -0.0395. The molecular formula is C23H19ClN4O2S. The Morgan fingerprint density at radius 1 is 1.03 bits per heavy atom. The average Bonchev–Trinajstić information content (AvgIpc) is 3.10. The number of benzene rings is 3. The number of nitrogens with zero attached hydrogens (tertiary/aromatic N) is 3. The summed E-state index contributed by atoms with van der Waals surface area (Å²) in [7, 11) is 1.59. The minimum absolute atomic E-state index is 0.0395. The zero-order valence-electron chi connectivity index (χ0n) is 16.7. The van der Waals surface area contributed by atoms with Crippen LogP contribution >= 0.6 is 23.8 Å². The number of methoxy groups -OCH3 is 1. The predicted octanol–water partition coefficient (Wildman–Crippen LogP) is 5.37. The molecule has 1 aromatic heterocycles. The summed E-state index contributed by atoms with van der Waals surface area (Å²) in [4.78, 5) is 12.7. The van der Waals surface area contributed by atoms with E-state index in [2.05, 4.69) is 10.4 Å². The van der Waals surface area contributed by atoms with Gasteiger partial charge in [0.05, 0.1) is 12.1 Å². The number of halogens is 1. The molecule has 31 heavy (non-hydrogen) atoms. The Hall–Kier alpha value is -3.42. The normalized spacial score (nSPS) is 10.6. The maximum atomic E-state index is 12.7. The molecule has 0 saturated carbocycles. The van der Waals surface area contributed by atoms with Gasteiger partial charge in [0.1, 0.15) is 12.3 Å². The lowest BCUT2D eigenvalue weighted by Crippen LogP contribution is -2.19. The number of rotatable bonds is 6. The molecule has 1 amide bonds. The molecule has 0 fully saturated rings. The van der Waals surface area contributed by atoms with Crippen LogP contribution in [0.5, 0.6) is 5.75 Å². The van der Waals surface area contributed by atoms with Crippen molar-refractivity contribution >= 4 is 35.4 Å². The number of anilines is 1. The third-order valence-electron chi connectivity index (χ3n) is 4.64. The topological polar surface area (TPSA) is 61.1 Å². The van der Waals surface area contributed by atoms with Crippen LogP contribution in [0.2, 0.25) is 5.02 Å². The standard InChI is InChI=1S/C23H19ClN4O2S/c1-30-18-13-11-16(12-14-18)25-21(29)15-27-23(31)28(17-7-3-2-4-8-17)22(26-27)19-9-5-6-10-20(19)24/h2-14H,15H2,1H3,(H,25,29). The molecule has 3 aromatic carbocycles. The zero-order valence-corrected chi connectivity index (χ0v) is 18.2. The van der Waals surface area contributed by atoms with Gasteiger partial charge in [-0.15, -0.1) is 0 Å². The summed E-state index contributed by atoms with van der Waals surface area (Å²) in [5, 5.41) is 8.04. The highest BCUT2D eigenvalue weighted by Gasteiger charge is 2.18. The molecule has 0 aliphatic rings. The Bertz CT molecular complexity index is 1270. The van der Waals surface area contributed by atoms with Gasteiger partial charge >= 0.3 is 0 Å². The first-order valence-corrected chi connectivity index (χ1v) is 10.3. The molecular weight excluding hydrogens is 432 g/mol. The van der Waals surface area contributed by atoms with Crippen LogP contribution in [0.15, 0.2) is 78.9 Å². The second-order valence-electron chi connectivity index (χ2n) is 6.69. The Morgan fingerprint density at radius 3 is 2.39 bits per heavy atom. The number of carbonyl (C=O) groups is 1. The van der Waals surface area contributed by atoms with Gasteiger partial charge < -0.3 is 10.1 Å². The fourth-order valence-electron chi connectivity index (χ4n) is 3.15. The summed E-state index contributed by atoms with van der Waals surface area (Å²) in [6.07, 6.45) is 0. The lowest BCUT2D eigenvalue weighted by Gasteiger charge is -2.07. The van der Waals surface area contributed by atoms with Crippen LogP contribution in [0.3, 0.4) is 0 Å². The third kappa shape index (κ3) is 4.52. The van der Waals surface area contributed by atoms with Crippen LogP contribution in [0.25, 0.3) is 17.1 Å². The lowest BCUT2D eigenvalue weighted by molar-refractivity contribution is -0.116. The fourth-order valence-corrected chi connectivity index (χ4v) is 3.67.